The zero-order valence-corrected chi connectivity index (χ0v) is 16.2. The van der Waals surface area contributed by atoms with Crippen LogP contribution in [0, 0.1) is 11.8 Å². The molecule has 0 spiro atoms. The molecule has 1 amide bonds. The van der Waals surface area contributed by atoms with Gasteiger partial charge < -0.3 is 20.0 Å². The Labute approximate surface area is 164 Å². The first-order valence-electron chi connectivity index (χ1n) is 8.52. The number of amides is 1. The van der Waals surface area contributed by atoms with E-state index in [4.69, 9.17) is 4.74 Å². The summed E-state index contributed by atoms with van der Waals surface area (Å²) in [7, 11) is 0. The summed E-state index contributed by atoms with van der Waals surface area (Å²) in [5, 5.41) is 18.2. The fourth-order valence-electron chi connectivity index (χ4n) is 3.04. The van der Waals surface area contributed by atoms with Crippen LogP contribution in [0.3, 0.4) is 0 Å². The molecule has 2 heterocycles. The van der Waals surface area contributed by atoms with Gasteiger partial charge in [-0.05, 0) is 31.2 Å². The van der Waals surface area contributed by atoms with Crippen molar-refractivity contribution in [1.82, 2.24) is 0 Å². The number of aliphatic carboxylic acids is 1. The van der Waals surface area contributed by atoms with Crippen molar-refractivity contribution in [2.24, 2.45) is 11.8 Å². The molecule has 6 nitrogen and oxygen atoms in total. The lowest BCUT2D eigenvalue weighted by Gasteiger charge is -2.28. The highest BCUT2D eigenvalue weighted by molar-refractivity contribution is 7.17. The molecule has 8 heteroatoms. The van der Waals surface area contributed by atoms with Gasteiger partial charge in [0.15, 0.2) is 0 Å². The largest absolute Gasteiger partial charge is 0.550 e. The second-order valence-electron chi connectivity index (χ2n) is 6.02. The summed E-state index contributed by atoms with van der Waals surface area (Å²) in [6.07, 6.45) is 4.12. The van der Waals surface area contributed by atoms with Crippen LogP contribution >= 0.6 is 22.7 Å². The van der Waals surface area contributed by atoms with Crippen LogP contribution in [0.2, 0.25) is 0 Å². The maximum Gasteiger partial charge on any atom is 0.341 e. The molecule has 2 aromatic rings. The van der Waals surface area contributed by atoms with Crippen LogP contribution in [0.4, 0.5) is 5.00 Å². The summed E-state index contributed by atoms with van der Waals surface area (Å²) in [6.45, 7) is 1.93. The molecule has 1 aliphatic carbocycles. The number of carbonyl (C=O) groups is 3. The van der Waals surface area contributed by atoms with Gasteiger partial charge in [-0.25, -0.2) is 4.79 Å². The lowest BCUT2D eigenvalue weighted by Crippen LogP contribution is -2.41. The van der Waals surface area contributed by atoms with Crippen LogP contribution < -0.4 is 10.4 Å². The molecule has 0 aromatic carbocycles. The summed E-state index contributed by atoms with van der Waals surface area (Å²) < 4.78 is 5.16. The standard InChI is InChI=1S/C19H19NO5S2/c1-2-25-19(24)15-13(14-8-5-9-26-14)10-27-17(15)20-16(21)11-6-3-4-7-12(11)18(22)23/h3-5,8-12H,2,6-7H2,1H3,(H,20,21)(H,22,23)/p-1/t11-,12+/m0/s1. The predicted molar refractivity (Wildman–Crippen MR) is 103 cm³/mol. The van der Waals surface area contributed by atoms with Gasteiger partial charge in [0, 0.05) is 27.7 Å². The Bertz CT molecular complexity index is 869. The lowest BCUT2D eigenvalue weighted by atomic mass is 9.82. The number of carbonyl (C=O) groups excluding carboxylic acids is 3. The van der Waals surface area contributed by atoms with E-state index in [2.05, 4.69) is 5.32 Å². The Morgan fingerprint density at radius 3 is 2.59 bits per heavy atom. The normalized spacial score (nSPS) is 18.9. The number of thiophene rings is 2. The van der Waals surface area contributed by atoms with Gasteiger partial charge in [0.05, 0.1) is 12.5 Å². The monoisotopic (exact) mass is 404 g/mol. The van der Waals surface area contributed by atoms with E-state index in [1.165, 1.54) is 22.7 Å². The molecule has 0 aliphatic heterocycles. The Morgan fingerprint density at radius 1 is 1.22 bits per heavy atom. The number of hydrogen-bond donors (Lipinski definition) is 1. The molecule has 0 saturated heterocycles. The number of carboxylic acid groups (broad SMARTS) is 1. The number of esters is 1. The molecule has 0 saturated carbocycles. The minimum Gasteiger partial charge on any atom is -0.550 e. The quantitative estimate of drug-likeness (QED) is 0.590. The molecule has 27 heavy (non-hydrogen) atoms. The predicted octanol–water partition coefficient (Wildman–Crippen LogP) is 2.92. The summed E-state index contributed by atoms with van der Waals surface area (Å²) in [5.74, 6) is -3.80. The summed E-state index contributed by atoms with van der Waals surface area (Å²) in [6, 6.07) is 3.77. The van der Waals surface area contributed by atoms with Crippen molar-refractivity contribution in [3.05, 3.63) is 40.6 Å². The smallest absolute Gasteiger partial charge is 0.341 e. The van der Waals surface area contributed by atoms with Gasteiger partial charge in [0.25, 0.3) is 0 Å². The highest BCUT2D eigenvalue weighted by Gasteiger charge is 2.31. The van der Waals surface area contributed by atoms with Crippen LogP contribution in [0.1, 0.15) is 30.1 Å². The number of ether oxygens (including phenoxy) is 1. The van der Waals surface area contributed by atoms with E-state index in [1.54, 1.807) is 24.5 Å². The maximum absolute atomic E-state index is 12.7. The van der Waals surface area contributed by atoms with E-state index >= 15 is 0 Å². The van der Waals surface area contributed by atoms with Gasteiger partial charge in [-0.1, -0.05) is 18.2 Å². The van der Waals surface area contributed by atoms with E-state index < -0.39 is 29.7 Å². The third-order valence-electron chi connectivity index (χ3n) is 4.37. The van der Waals surface area contributed by atoms with Crippen molar-refractivity contribution in [1.29, 1.82) is 0 Å². The van der Waals surface area contributed by atoms with Gasteiger partial charge >= 0.3 is 5.97 Å². The average molecular weight is 404 g/mol. The van der Waals surface area contributed by atoms with Crippen molar-refractivity contribution < 1.29 is 24.2 Å². The highest BCUT2D eigenvalue weighted by atomic mass is 32.1. The number of rotatable bonds is 6. The minimum atomic E-state index is -1.24. The van der Waals surface area contributed by atoms with Crippen LogP contribution in [-0.4, -0.2) is 24.5 Å². The first-order valence-corrected chi connectivity index (χ1v) is 10.3. The summed E-state index contributed by atoms with van der Waals surface area (Å²) in [4.78, 5) is 37.5. The molecule has 142 valence electrons. The van der Waals surface area contributed by atoms with Crippen LogP contribution in [0.15, 0.2) is 35.0 Å². The van der Waals surface area contributed by atoms with Gasteiger partial charge in [-0.15, -0.1) is 22.7 Å². The molecule has 1 N–H and O–H groups in total. The fourth-order valence-corrected chi connectivity index (χ4v) is 4.81. The van der Waals surface area contributed by atoms with Crippen LogP contribution in [-0.2, 0) is 14.3 Å². The highest BCUT2D eigenvalue weighted by Crippen LogP contribution is 2.39. The molecule has 0 radical (unpaired) electrons. The lowest BCUT2D eigenvalue weighted by molar-refractivity contribution is -0.313. The number of allylic oxidation sites excluding steroid dienone is 2. The maximum atomic E-state index is 12.7. The molecular weight excluding hydrogens is 386 g/mol. The molecular formula is C19H18NO5S2-. The van der Waals surface area contributed by atoms with Crippen molar-refractivity contribution in [3.63, 3.8) is 0 Å². The fraction of sp³-hybridized carbons (Fsp3) is 0.316. The van der Waals surface area contributed by atoms with E-state index in [0.29, 0.717) is 22.5 Å². The Balaban J connectivity index is 1.90. The second-order valence-corrected chi connectivity index (χ2v) is 7.84. The number of hydrogen-bond acceptors (Lipinski definition) is 7. The molecule has 0 fully saturated rings. The average Bonchev–Trinajstić information content (AvgIpc) is 3.31. The minimum absolute atomic E-state index is 0.214. The van der Waals surface area contributed by atoms with E-state index in [-0.39, 0.29) is 13.0 Å². The van der Waals surface area contributed by atoms with Crippen molar-refractivity contribution in [2.45, 2.75) is 19.8 Å². The zero-order chi connectivity index (χ0) is 19.4. The second kappa shape index (κ2) is 8.49. The molecule has 0 unspecified atom stereocenters. The first kappa shape index (κ1) is 19.3. The number of carboxylic acids is 1. The Kier molecular flexibility index (Phi) is 6.08. The molecule has 3 rings (SSSR count). The van der Waals surface area contributed by atoms with Gasteiger partial charge in [-0.2, -0.15) is 0 Å². The SMILES string of the molecule is CCOC(=O)c1c(-c2cccs2)csc1NC(=O)[C@H]1CC=CC[C@H]1C(=O)[O-]. The Hall–Kier alpha value is -2.45. The van der Waals surface area contributed by atoms with Crippen LogP contribution in [0.5, 0.6) is 0 Å². The van der Waals surface area contributed by atoms with E-state index in [1.807, 2.05) is 17.5 Å². The van der Waals surface area contributed by atoms with Gasteiger partial charge in [-0.3, -0.25) is 4.79 Å². The molecule has 1 aliphatic rings. The molecule has 2 atom stereocenters. The van der Waals surface area contributed by atoms with E-state index in [0.717, 1.165) is 4.88 Å². The summed E-state index contributed by atoms with van der Waals surface area (Å²) >= 11 is 2.70. The topological polar surface area (TPSA) is 95.5 Å². The van der Waals surface area contributed by atoms with Crippen molar-refractivity contribution >= 4 is 45.5 Å². The first-order chi connectivity index (χ1) is 13.0. The molecule has 2 aromatic heterocycles. The van der Waals surface area contributed by atoms with Gasteiger partial charge in [0.2, 0.25) is 5.91 Å². The van der Waals surface area contributed by atoms with Crippen LogP contribution in [0.25, 0.3) is 10.4 Å². The zero-order valence-electron chi connectivity index (χ0n) is 14.6. The Morgan fingerprint density at radius 2 is 1.96 bits per heavy atom. The van der Waals surface area contributed by atoms with E-state index in [9.17, 15) is 19.5 Å². The summed E-state index contributed by atoms with van der Waals surface area (Å²) in [5.41, 5.74) is 0.998. The van der Waals surface area contributed by atoms with Gasteiger partial charge in [0.1, 0.15) is 10.6 Å². The van der Waals surface area contributed by atoms with Crippen molar-refractivity contribution in [3.8, 4) is 10.4 Å². The third kappa shape index (κ3) is 4.12. The number of anilines is 1. The molecule has 0 bridgehead atoms. The number of nitrogens with one attached hydrogen (secondary N) is 1. The van der Waals surface area contributed by atoms with Crippen molar-refractivity contribution in [2.75, 3.05) is 11.9 Å². The third-order valence-corrected chi connectivity index (χ3v) is 6.16.